The molecular formula is C17H13ClN2O2. The van der Waals surface area contributed by atoms with Gasteiger partial charge in [-0.3, -0.25) is 9.20 Å². The van der Waals surface area contributed by atoms with Crippen LogP contribution in [0.4, 0.5) is 0 Å². The molecule has 0 amide bonds. The van der Waals surface area contributed by atoms with E-state index in [-0.39, 0.29) is 10.9 Å². The molecular weight excluding hydrogens is 300 g/mol. The number of carbonyl (C=O) groups excluding carboxylic acids is 1. The summed E-state index contributed by atoms with van der Waals surface area (Å²) >= 11 is 6.09. The molecule has 0 saturated carbocycles. The van der Waals surface area contributed by atoms with Crippen molar-refractivity contribution in [2.75, 3.05) is 7.11 Å². The van der Waals surface area contributed by atoms with Crippen LogP contribution in [0.15, 0.2) is 54.7 Å². The number of aromatic nitrogens is 2. The van der Waals surface area contributed by atoms with Crippen LogP contribution in [0.3, 0.4) is 0 Å². The molecule has 22 heavy (non-hydrogen) atoms. The molecule has 110 valence electrons. The smallest absolute Gasteiger partial charge is 0.205 e. The number of halogens is 1. The molecule has 0 N–H and O–H groups in total. The molecule has 0 spiro atoms. The Morgan fingerprint density at radius 1 is 1.23 bits per heavy atom. The molecule has 3 rings (SSSR count). The maximum absolute atomic E-state index is 12.4. The Kier molecular flexibility index (Phi) is 3.94. The van der Waals surface area contributed by atoms with Crippen LogP contribution in [0.1, 0.15) is 16.1 Å². The zero-order valence-corrected chi connectivity index (χ0v) is 12.6. The molecule has 4 nitrogen and oxygen atoms in total. The van der Waals surface area contributed by atoms with Crippen molar-refractivity contribution in [2.45, 2.75) is 0 Å². The lowest BCUT2D eigenvalue weighted by atomic mass is 10.1. The molecule has 0 saturated heterocycles. The Hall–Kier alpha value is -2.59. The van der Waals surface area contributed by atoms with Gasteiger partial charge in [0.2, 0.25) is 5.78 Å². The van der Waals surface area contributed by atoms with Gasteiger partial charge >= 0.3 is 0 Å². The predicted octanol–water partition coefficient (Wildman–Crippen LogP) is 3.89. The number of para-hydroxylation sites is 1. The molecule has 5 heteroatoms. The van der Waals surface area contributed by atoms with Crippen molar-refractivity contribution in [3.63, 3.8) is 0 Å². The van der Waals surface area contributed by atoms with Crippen molar-refractivity contribution >= 4 is 29.1 Å². The van der Waals surface area contributed by atoms with Crippen LogP contribution in [0.25, 0.3) is 11.7 Å². The van der Waals surface area contributed by atoms with Crippen molar-refractivity contribution in [2.24, 2.45) is 0 Å². The number of imidazole rings is 1. The summed E-state index contributed by atoms with van der Waals surface area (Å²) in [5.41, 5.74) is 1.81. The standard InChI is InChI=1S/C17H13ClN2O2/c1-22-14-7-3-2-6-12(14)9-10-13(21)16-17(18)19-15-8-4-5-11-20(15)16/h2-11H,1H3/b10-9+. The maximum Gasteiger partial charge on any atom is 0.205 e. The quantitative estimate of drug-likeness (QED) is 0.542. The number of allylic oxidation sites excluding steroid dienone is 1. The number of benzene rings is 1. The fraction of sp³-hybridized carbons (Fsp3) is 0.0588. The first-order valence-corrected chi connectivity index (χ1v) is 7.06. The Morgan fingerprint density at radius 3 is 2.82 bits per heavy atom. The van der Waals surface area contributed by atoms with E-state index >= 15 is 0 Å². The van der Waals surface area contributed by atoms with E-state index in [1.807, 2.05) is 36.4 Å². The minimum atomic E-state index is -0.213. The topological polar surface area (TPSA) is 43.6 Å². The normalized spacial score (nSPS) is 11.2. The summed E-state index contributed by atoms with van der Waals surface area (Å²) in [5, 5.41) is 0.195. The zero-order valence-electron chi connectivity index (χ0n) is 11.9. The van der Waals surface area contributed by atoms with Gasteiger partial charge in [0.05, 0.1) is 7.11 Å². The first-order valence-electron chi connectivity index (χ1n) is 6.68. The summed E-state index contributed by atoms with van der Waals surface area (Å²) in [7, 11) is 1.59. The van der Waals surface area contributed by atoms with E-state index in [1.54, 1.807) is 29.8 Å². The SMILES string of the molecule is COc1ccccc1/C=C/C(=O)c1c(Cl)nc2ccccn12. The predicted molar refractivity (Wildman–Crippen MR) is 86.6 cm³/mol. The van der Waals surface area contributed by atoms with E-state index < -0.39 is 0 Å². The number of ketones is 1. The summed E-state index contributed by atoms with van der Waals surface area (Å²) in [6, 6.07) is 12.9. The molecule has 0 unspecified atom stereocenters. The summed E-state index contributed by atoms with van der Waals surface area (Å²) in [5.74, 6) is 0.491. The monoisotopic (exact) mass is 312 g/mol. The van der Waals surface area contributed by atoms with Crippen LogP contribution < -0.4 is 4.74 Å². The molecule has 0 aliphatic carbocycles. The van der Waals surface area contributed by atoms with Gasteiger partial charge in [0.15, 0.2) is 5.15 Å². The van der Waals surface area contributed by atoms with Crippen LogP contribution in [0.5, 0.6) is 5.75 Å². The largest absolute Gasteiger partial charge is 0.496 e. The van der Waals surface area contributed by atoms with Crippen LogP contribution in [-0.4, -0.2) is 22.3 Å². The van der Waals surface area contributed by atoms with Crippen LogP contribution in [0, 0.1) is 0 Å². The highest BCUT2D eigenvalue weighted by Crippen LogP contribution is 2.21. The van der Waals surface area contributed by atoms with E-state index in [0.717, 1.165) is 5.56 Å². The average Bonchev–Trinajstić information content (AvgIpc) is 2.88. The molecule has 3 aromatic rings. The first kappa shape index (κ1) is 14.4. The molecule has 0 aliphatic rings. The van der Waals surface area contributed by atoms with Gasteiger partial charge in [-0.2, -0.15) is 0 Å². The minimum absolute atomic E-state index is 0.195. The molecule has 1 aromatic carbocycles. The Bertz CT molecular complexity index is 868. The summed E-state index contributed by atoms with van der Waals surface area (Å²) in [6.45, 7) is 0. The lowest BCUT2D eigenvalue weighted by Crippen LogP contribution is -2.00. The molecule has 2 aromatic heterocycles. The number of hydrogen-bond donors (Lipinski definition) is 0. The third kappa shape index (κ3) is 2.61. The molecule has 0 atom stereocenters. The number of fused-ring (bicyclic) bond motifs is 1. The van der Waals surface area contributed by atoms with E-state index in [4.69, 9.17) is 16.3 Å². The van der Waals surface area contributed by atoms with Crippen molar-refractivity contribution in [3.05, 3.63) is 71.1 Å². The van der Waals surface area contributed by atoms with Gasteiger partial charge in [-0.15, -0.1) is 0 Å². The molecule has 0 fully saturated rings. The van der Waals surface area contributed by atoms with Gasteiger partial charge in [-0.05, 0) is 30.4 Å². The fourth-order valence-corrected chi connectivity index (χ4v) is 2.51. The van der Waals surface area contributed by atoms with Gasteiger partial charge in [0.25, 0.3) is 0 Å². The lowest BCUT2D eigenvalue weighted by molar-refractivity contribution is 0.104. The van der Waals surface area contributed by atoms with E-state index in [1.165, 1.54) is 6.08 Å². The van der Waals surface area contributed by atoms with Gasteiger partial charge in [-0.25, -0.2) is 4.98 Å². The maximum atomic E-state index is 12.4. The van der Waals surface area contributed by atoms with E-state index in [2.05, 4.69) is 4.98 Å². The van der Waals surface area contributed by atoms with Gasteiger partial charge in [0.1, 0.15) is 17.1 Å². The highest BCUT2D eigenvalue weighted by Gasteiger charge is 2.15. The Morgan fingerprint density at radius 2 is 2.00 bits per heavy atom. The highest BCUT2D eigenvalue weighted by atomic mass is 35.5. The number of hydrogen-bond acceptors (Lipinski definition) is 3. The second-order valence-electron chi connectivity index (χ2n) is 4.62. The molecule has 2 heterocycles. The number of carbonyl (C=O) groups is 1. The minimum Gasteiger partial charge on any atom is -0.496 e. The molecule has 0 aliphatic heterocycles. The van der Waals surface area contributed by atoms with Crippen LogP contribution in [0.2, 0.25) is 5.15 Å². The molecule has 0 radical (unpaired) electrons. The zero-order chi connectivity index (χ0) is 15.5. The van der Waals surface area contributed by atoms with Crippen molar-refractivity contribution < 1.29 is 9.53 Å². The third-order valence-electron chi connectivity index (χ3n) is 3.27. The van der Waals surface area contributed by atoms with Crippen molar-refractivity contribution in [1.29, 1.82) is 0 Å². The number of nitrogens with zero attached hydrogens (tertiary/aromatic N) is 2. The Balaban J connectivity index is 1.97. The van der Waals surface area contributed by atoms with E-state index in [0.29, 0.717) is 17.1 Å². The van der Waals surface area contributed by atoms with Crippen molar-refractivity contribution in [3.8, 4) is 5.75 Å². The first-order chi connectivity index (χ1) is 10.7. The van der Waals surface area contributed by atoms with Gasteiger partial charge in [0, 0.05) is 11.8 Å². The van der Waals surface area contributed by atoms with Crippen LogP contribution in [-0.2, 0) is 0 Å². The fourth-order valence-electron chi connectivity index (χ4n) is 2.24. The molecule has 0 bridgehead atoms. The second-order valence-corrected chi connectivity index (χ2v) is 4.98. The Labute approximate surface area is 132 Å². The average molecular weight is 313 g/mol. The highest BCUT2D eigenvalue weighted by molar-refractivity contribution is 6.33. The number of ether oxygens (including phenoxy) is 1. The summed E-state index contributed by atoms with van der Waals surface area (Å²) in [4.78, 5) is 16.6. The van der Waals surface area contributed by atoms with Gasteiger partial charge in [-0.1, -0.05) is 35.9 Å². The van der Waals surface area contributed by atoms with E-state index in [9.17, 15) is 4.79 Å². The lowest BCUT2D eigenvalue weighted by Gasteiger charge is -2.03. The number of rotatable bonds is 4. The van der Waals surface area contributed by atoms with Gasteiger partial charge < -0.3 is 4.74 Å². The summed E-state index contributed by atoms with van der Waals surface area (Å²) in [6.07, 6.45) is 4.94. The van der Waals surface area contributed by atoms with Crippen LogP contribution >= 0.6 is 11.6 Å². The second kappa shape index (κ2) is 6.03. The number of methoxy groups -OCH3 is 1. The third-order valence-corrected chi connectivity index (χ3v) is 3.54. The van der Waals surface area contributed by atoms with Crippen molar-refractivity contribution in [1.82, 2.24) is 9.38 Å². The summed E-state index contributed by atoms with van der Waals surface area (Å²) < 4.78 is 6.93. The number of pyridine rings is 1.